The topological polar surface area (TPSA) is 102 Å². The van der Waals surface area contributed by atoms with Gasteiger partial charge in [0.25, 0.3) is 0 Å². The van der Waals surface area contributed by atoms with E-state index in [9.17, 15) is 0 Å². The molecule has 0 spiro atoms. The Morgan fingerprint density at radius 1 is 1.73 bits per heavy atom. The van der Waals surface area contributed by atoms with Crippen molar-refractivity contribution in [3.05, 3.63) is 6.07 Å². The number of nitrogens with zero attached hydrogens (tertiary/aromatic N) is 2. The Labute approximate surface area is 63.3 Å². The Balaban J connectivity index is 2.60. The molecule has 0 aliphatic heterocycles. The second kappa shape index (κ2) is 3.22. The standard InChI is InChI=1S/C5H10N4O2/c6-1-2-9(7)4-3-5(10)11-8-4/h3,10H,1-2,6-7H2. The van der Waals surface area contributed by atoms with Crippen molar-refractivity contribution in [1.82, 2.24) is 5.16 Å². The van der Waals surface area contributed by atoms with Gasteiger partial charge in [-0.25, -0.2) is 5.84 Å². The molecule has 0 aliphatic carbocycles. The van der Waals surface area contributed by atoms with E-state index >= 15 is 0 Å². The zero-order valence-electron chi connectivity index (χ0n) is 5.90. The molecule has 0 aromatic carbocycles. The van der Waals surface area contributed by atoms with Crippen molar-refractivity contribution in [2.45, 2.75) is 0 Å². The third-order valence-corrected chi connectivity index (χ3v) is 1.15. The first-order chi connectivity index (χ1) is 5.24. The summed E-state index contributed by atoms with van der Waals surface area (Å²) in [6, 6.07) is 1.32. The minimum Gasteiger partial charge on any atom is -0.479 e. The van der Waals surface area contributed by atoms with Gasteiger partial charge in [0.2, 0.25) is 0 Å². The predicted molar refractivity (Wildman–Crippen MR) is 38.8 cm³/mol. The highest BCUT2D eigenvalue weighted by Crippen LogP contribution is 2.15. The van der Waals surface area contributed by atoms with E-state index in [1.54, 1.807) is 0 Å². The Morgan fingerprint density at radius 2 is 2.45 bits per heavy atom. The van der Waals surface area contributed by atoms with Gasteiger partial charge < -0.3 is 15.4 Å². The van der Waals surface area contributed by atoms with Crippen LogP contribution in [-0.4, -0.2) is 23.4 Å². The van der Waals surface area contributed by atoms with Gasteiger partial charge in [-0.1, -0.05) is 5.16 Å². The number of aromatic nitrogens is 1. The molecule has 0 radical (unpaired) electrons. The Hall–Kier alpha value is -1.27. The number of hydrogen-bond donors (Lipinski definition) is 3. The van der Waals surface area contributed by atoms with Crippen LogP contribution < -0.4 is 16.6 Å². The summed E-state index contributed by atoms with van der Waals surface area (Å²) in [5.74, 6) is 5.55. The van der Waals surface area contributed by atoms with Crippen LogP contribution in [0.3, 0.4) is 0 Å². The molecule has 0 saturated carbocycles. The van der Waals surface area contributed by atoms with Gasteiger partial charge in [-0.3, -0.25) is 5.01 Å². The molecule has 0 atom stereocenters. The largest absolute Gasteiger partial charge is 0.479 e. The molecule has 5 N–H and O–H groups in total. The fourth-order valence-electron chi connectivity index (χ4n) is 0.646. The summed E-state index contributed by atoms with van der Waals surface area (Å²) in [7, 11) is 0. The van der Waals surface area contributed by atoms with Gasteiger partial charge in [0.1, 0.15) is 0 Å². The van der Waals surface area contributed by atoms with Crippen molar-refractivity contribution in [3.63, 3.8) is 0 Å². The normalized spacial score (nSPS) is 10.0. The molecule has 0 unspecified atom stereocenters. The highest BCUT2D eigenvalue weighted by molar-refractivity contribution is 5.37. The lowest BCUT2D eigenvalue weighted by molar-refractivity contribution is 0.278. The summed E-state index contributed by atoms with van der Waals surface area (Å²) in [6.45, 7) is 0.885. The average molecular weight is 158 g/mol. The maximum Gasteiger partial charge on any atom is 0.310 e. The van der Waals surface area contributed by atoms with Gasteiger partial charge in [-0.05, 0) is 0 Å². The van der Waals surface area contributed by atoms with Crippen molar-refractivity contribution in [2.75, 3.05) is 18.1 Å². The first-order valence-electron chi connectivity index (χ1n) is 3.12. The van der Waals surface area contributed by atoms with Crippen LogP contribution in [0.4, 0.5) is 5.82 Å². The zero-order chi connectivity index (χ0) is 8.27. The Morgan fingerprint density at radius 3 is 2.91 bits per heavy atom. The van der Waals surface area contributed by atoms with Gasteiger partial charge >= 0.3 is 5.95 Å². The van der Waals surface area contributed by atoms with Crippen LogP contribution in [0.1, 0.15) is 0 Å². The molecule has 0 bridgehead atoms. The maximum absolute atomic E-state index is 8.73. The summed E-state index contributed by atoms with van der Waals surface area (Å²) in [4.78, 5) is 0. The highest BCUT2D eigenvalue weighted by atomic mass is 16.5. The van der Waals surface area contributed by atoms with Gasteiger partial charge in [0.05, 0.1) is 6.07 Å². The number of hydrazine groups is 1. The number of hydrogen-bond acceptors (Lipinski definition) is 6. The lowest BCUT2D eigenvalue weighted by Gasteiger charge is -2.11. The van der Waals surface area contributed by atoms with Crippen LogP contribution in [0.15, 0.2) is 10.6 Å². The van der Waals surface area contributed by atoms with Gasteiger partial charge in [-0.2, -0.15) is 0 Å². The number of nitrogens with two attached hydrogens (primary N) is 2. The molecule has 6 heteroatoms. The molecule has 0 aliphatic rings. The lowest BCUT2D eigenvalue weighted by atomic mass is 10.5. The van der Waals surface area contributed by atoms with E-state index in [0.717, 1.165) is 0 Å². The van der Waals surface area contributed by atoms with Gasteiger partial charge in [0.15, 0.2) is 5.82 Å². The number of anilines is 1. The van der Waals surface area contributed by atoms with Crippen LogP contribution in [0.2, 0.25) is 0 Å². The number of rotatable bonds is 3. The molecule has 0 amide bonds. The number of aromatic hydroxyl groups is 1. The van der Waals surface area contributed by atoms with Crippen LogP contribution in [0.25, 0.3) is 0 Å². The van der Waals surface area contributed by atoms with Crippen molar-refractivity contribution in [1.29, 1.82) is 0 Å². The molecule has 0 fully saturated rings. The molecule has 62 valence electrons. The predicted octanol–water partition coefficient (Wildman–Crippen LogP) is -0.981. The summed E-state index contributed by atoms with van der Waals surface area (Å²) in [6.07, 6.45) is 0. The van der Waals surface area contributed by atoms with Gasteiger partial charge in [0, 0.05) is 13.1 Å². The van der Waals surface area contributed by atoms with E-state index in [0.29, 0.717) is 18.9 Å². The molecule has 1 aromatic heterocycles. The van der Waals surface area contributed by atoms with Crippen molar-refractivity contribution in [2.24, 2.45) is 11.6 Å². The minimum absolute atomic E-state index is 0.257. The zero-order valence-corrected chi connectivity index (χ0v) is 5.90. The first kappa shape index (κ1) is 7.83. The average Bonchev–Trinajstić information content (AvgIpc) is 2.36. The van der Waals surface area contributed by atoms with Gasteiger partial charge in [-0.15, -0.1) is 0 Å². The maximum atomic E-state index is 8.73. The molecular formula is C5H10N4O2. The third-order valence-electron chi connectivity index (χ3n) is 1.15. The smallest absolute Gasteiger partial charge is 0.310 e. The molecule has 6 nitrogen and oxygen atoms in total. The molecule has 11 heavy (non-hydrogen) atoms. The second-order valence-corrected chi connectivity index (χ2v) is 2.01. The fourth-order valence-corrected chi connectivity index (χ4v) is 0.646. The second-order valence-electron chi connectivity index (χ2n) is 2.01. The molecule has 0 saturated heterocycles. The van der Waals surface area contributed by atoms with E-state index in [-0.39, 0.29) is 5.95 Å². The summed E-state index contributed by atoms with van der Waals surface area (Å²) >= 11 is 0. The quantitative estimate of drug-likeness (QED) is 0.386. The first-order valence-corrected chi connectivity index (χ1v) is 3.12. The summed E-state index contributed by atoms with van der Waals surface area (Å²) in [5, 5.41) is 13.5. The van der Waals surface area contributed by atoms with E-state index < -0.39 is 0 Å². The Kier molecular flexibility index (Phi) is 2.29. The van der Waals surface area contributed by atoms with Crippen LogP contribution in [-0.2, 0) is 0 Å². The summed E-state index contributed by atoms with van der Waals surface area (Å²) in [5.41, 5.74) is 5.23. The highest BCUT2D eigenvalue weighted by Gasteiger charge is 2.06. The molecule has 1 rings (SSSR count). The van der Waals surface area contributed by atoms with E-state index in [1.165, 1.54) is 11.1 Å². The van der Waals surface area contributed by atoms with Crippen LogP contribution in [0.5, 0.6) is 5.95 Å². The van der Waals surface area contributed by atoms with Crippen LogP contribution in [0, 0.1) is 0 Å². The third kappa shape index (κ3) is 1.82. The molecule has 1 aromatic rings. The van der Waals surface area contributed by atoms with E-state index in [1.807, 2.05) is 0 Å². The molecule has 1 heterocycles. The van der Waals surface area contributed by atoms with Crippen LogP contribution >= 0.6 is 0 Å². The van der Waals surface area contributed by atoms with E-state index in [4.69, 9.17) is 16.7 Å². The molecular weight excluding hydrogens is 148 g/mol. The fraction of sp³-hybridized carbons (Fsp3) is 0.400. The van der Waals surface area contributed by atoms with Crippen molar-refractivity contribution in [3.8, 4) is 5.95 Å². The van der Waals surface area contributed by atoms with E-state index in [2.05, 4.69) is 9.68 Å². The Bertz CT molecular complexity index is 224. The van der Waals surface area contributed by atoms with Crippen molar-refractivity contribution < 1.29 is 9.63 Å². The monoisotopic (exact) mass is 158 g/mol. The summed E-state index contributed by atoms with van der Waals surface area (Å²) < 4.78 is 4.38. The lowest BCUT2D eigenvalue weighted by Crippen LogP contribution is -2.35. The SMILES string of the molecule is NCCN(N)c1cc(O)on1. The van der Waals surface area contributed by atoms with Crippen molar-refractivity contribution >= 4 is 5.82 Å². The minimum atomic E-state index is -0.257.